The highest BCUT2D eigenvalue weighted by atomic mass is 16.6. The minimum absolute atomic E-state index is 0.118. The number of nitrogens with zero attached hydrogens (tertiary/aromatic N) is 1. The monoisotopic (exact) mass is 315 g/mol. The SMILES string of the molecule is C[C@](CC(=O)O)(Nc1ccc([N+](=O)[O-])cc1N)c1ccccc1. The van der Waals surface area contributed by atoms with Gasteiger partial charge in [0.25, 0.3) is 5.69 Å². The molecule has 0 saturated carbocycles. The van der Waals surface area contributed by atoms with Gasteiger partial charge < -0.3 is 16.2 Å². The van der Waals surface area contributed by atoms with Crippen molar-refractivity contribution in [3.63, 3.8) is 0 Å². The van der Waals surface area contributed by atoms with Crippen LogP contribution in [-0.2, 0) is 10.3 Å². The van der Waals surface area contributed by atoms with Crippen LogP contribution in [0.2, 0.25) is 0 Å². The van der Waals surface area contributed by atoms with Gasteiger partial charge in [0, 0.05) is 12.1 Å². The van der Waals surface area contributed by atoms with Crippen LogP contribution in [0.5, 0.6) is 0 Å². The average Bonchev–Trinajstić information content (AvgIpc) is 2.49. The summed E-state index contributed by atoms with van der Waals surface area (Å²) in [6.45, 7) is 1.75. The van der Waals surface area contributed by atoms with E-state index in [-0.39, 0.29) is 17.8 Å². The molecule has 120 valence electrons. The molecule has 0 heterocycles. The van der Waals surface area contributed by atoms with E-state index in [4.69, 9.17) is 5.73 Å². The lowest BCUT2D eigenvalue weighted by Crippen LogP contribution is -2.34. The number of hydrogen-bond donors (Lipinski definition) is 3. The maximum atomic E-state index is 11.2. The molecule has 7 nitrogen and oxygen atoms in total. The molecule has 0 bridgehead atoms. The van der Waals surface area contributed by atoms with E-state index >= 15 is 0 Å². The van der Waals surface area contributed by atoms with Crippen molar-refractivity contribution in [1.82, 2.24) is 0 Å². The Hall–Kier alpha value is -3.09. The first-order valence-corrected chi connectivity index (χ1v) is 6.91. The average molecular weight is 315 g/mol. The number of aliphatic carboxylic acids is 1. The van der Waals surface area contributed by atoms with Crippen molar-refractivity contribution in [1.29, 1.82) is 0 Å². The molecule has 0 aliphatic carbocycles. The number of carbonyl (C=O) groups is 1. The summed E-state index contributed by atoms with van der Waals surface area (Å²) in [5.74, 6) is -0.968. The molecule has 2 aromatic carbocycles. The van der Waals surface area contributed by atoms with Gasteiger partial charge in [0.2, 0.25) is 0 Å². The standard InChI is InChI=1S/C16H17N3O4/c1-16(10-15(20)21,11-5-3-2-4-6-11)18-14-8-7-12(19(22)23)9-13(14)17/h2-9,18H,10,17H2,1H3,(H,20,21)/t16-/m1/s1. The zero-order chi connectivity index (χ0) is 17.0. The van der Waals surface area contributed by atoms with Gasteiger partial charge in [0.1, 0.15) is 0 Å². The second-order valence-corrected chi connectivity index (χ2v) is 5.42. The smallest absolute Gasteiger partial charge is 0.306 e. The van der Waals surface area contributed by atoms with E-state index in [1.165, 1.54) is 18.2 Å². The molecule has 2 rings (SSSR count). The molecule has 0 aliphatic heterocycles. The number of nitro benzene ring substituents is 1. The minimum atomic E-state index is -0.968. The number of anilines is 2. The van der Waals surface area contributed by atoms with Gasteiger partial charge in [0.15, 0.2) is 0 Å². The molecule has 0 spiro atoms. The van der Waals surface area contributed by atoms with E-state index in [9.17, 15) is 20.0 Å². The Bertz CT molecular complexity index is 733. The van der Waals surface area contributed by atoms with Gasteiger partial charge in [-0.25, -0.2) is 0 Å². The van der Waals surface area contributed by atoms with Gasteiger partial charge in [-0.2, -0.15) is 0 Å². The molecule has 0 aromatic heterocycles. The number of carboxylic acid groups (broad SMARTS) is 1. The lowest BCUT2D eigenvalue weighted by atomic mass is 9.88. The summed E-state index contributed by atoms with van der Waals surface area (Å²) in [7, 11) is 0. The number of carboxylic acids is 1. The number of nitrogen functional groups attached to an aromatic ring is 1. The fraction of sp³-hybridized carbons (Fsp3) is 0.188. The number of nitro groups is 1. The quantitative estimate of drug-likeness (QED) is 0.428. The van der Waals surface area contributed by atoms with E-state index in [0.29, 0.717) is 5.69 Å². The number of rotatable bonds is 6. The predicted molar refractivity (Wildman–Crippen MR) is 87.2 cm³/mol. The van der Waals surface area contributed by atoms with Gasteiger partial charge >= 0.3 is 5.97 Å². The molecule has 7 heteroatoms. The Morgan fingerprint density at radius 1 is 1.30 bits per heavy atom. The van der Waals surface area contributed by atoms with Crippen LogP contribution in [-0.4, -0.2) is 16.0 Å². The molecule has 23 heavy (non-hydrogen) atoms. The van der Waals surface area contributed by atoms with Crippen molar-refractivity contribution in [2.24, 2.45) is 0 Å². The number of non-ortho nitro benzene ring substituents is 1. The van der Waals surface area contributed by atoms with Crippen LogP contribution in [0.25, 0.3) is 0 Å². The van der Waals surface area contributed by atoms with E-state index < -0.39 is 16.4 Å². The first-order valence-electron chi connectivity index (χ1n) is 6.91. The maximum Gasteiger partial charge on any atom is 0.306 e. The first kappa shape index (κ1) is 16.3. The molecule has 0 fully saturated rings. The zero-order valence-corrected chi connectivity index (χ0v) is 12.5. The summed E-state index contributed by atoms with van der Waals surface area (Å²) >= 11 is 0. The molecule has 0 aliphatic rings. The molecule has 4 N–H and O–H groups in total. The summed E-state index contributed by atoms with van der Waals surface area (Å²) in [6.07, 6.45) is -0.173. The molecule has 0 unspecified atom stereocenters. The minimum Gasteiger partial charge on any atom is -0.481 e. The van der Waals surface area contributed by atoms with Gasteiger partial charge in [0.05, 0.1) is 28.3 Å². The number of hydrogen-bond acceptors (Lipinski definition) is 5. The van der Waals surface area contributed by atoms with Crippen molar-refractivity contribution in [2.75, 3.05) is 11.1 Å². The zero-order valence-electron chi connectivity index (χ0n) is 12.5. The van der Waals surface area contributed by atoms with E-state index in [2.05, 4.69) is 5.32 Å². The van der Waals surface area contributed by atoms with Crippen LogP contribution in [0.4, 0.5) is 17.1 Å². The van der Waals surface area contributed by atoms with Crippen LogP contribution < -0.4 is 11.1 Å². The van der Waals surface area contributed by atoms with Crippen LogP contribution >= 0.6 is 0 Å². The Balaban J connectivity index is 2.39. The highest BCUT2D eigenvalue weighted by molar-refractivity contribution is 5.74. The summed E-state index contributed by atoms with van der Waals surface area (Å²) in [6, 6.07) is 13.2. The summed E-state index contributed by atoms with van der Waals surface area (Å²) in [4.78, 5) is 21.5. The van der Waals surface area contributed by atoms with Gasteiger partial charge in [-0.1, -0.05) is 30.3 Å². The predicted octanol–water partition coefficient (Wildman–Crippen LogP) is 2.98. The molecule has 0 radical (unpaired) electrons. The fourth-order valence-electron chi connectivity index (χ4n) is 2.40. The fourth-order valence-corrected chi connectivity index (χ4v) is 2.40. The highest BCUT2D eigenvalue weighted by Crippen LogP contribution is 2.33. The first-order chi connectivity index (χ1) is 10.8. The summed E-state index contributed by atoms with van der Waals surface area (Å²) < 4.78 is 0. The maximum absolute atomic E-state index is 11.2. The van der Waals surface area contributed by atoms with Crippen LogP contribution in [0.3, 0.4) is 0 Å². The van der Waals surface area contributed by atoms with Crippen LogP contribution in [0, 0.1) is 10.1 Å². The van der Waals surface area contributed by atoms with Gasteiger partial charge in [-0.05, 0) is 18.6 Å². The van der Waals surface area contributed by atoms with Crippen molar-refractivity contribution in [3.8, 4) is 0 Å². The number of nitrogens with one attached hydrogen (secondary N) is 1. The van der Waals surface area contributed by atoms with E-state index in [1.54, 1.807) is 6.92 Å². The van der Waals surface area contributed by atoms with Crippen LogP contribution in [0.1, 0.15) is 18.9 Å². The Morgan fingerprint density at radius 2 is 1.96 bits per heavy atom. The third-order valence-corrected chi connectivity index (χ3v) is 3.57. The van der Waals surface area contributed by atoms with Crippen LogP contribution in [0.15, 0.2) is 48.5 Å². The summed E-state index contributed by atoms with van der Waals surface area (Å²) in [5, 5.41) is 23.1. The molecular formula is C16H17N3O4. The molecule has 1 atom stereocenters. The van der Waals surface area contributed by atoms with Gasteiger partial charge in [-0.3, -0.25) is 14.9 Å². The van der Waals surface area contributed by atoms with Gasteiger partial charge in [-0.15, -0.1) is 0 Å². The third-order valence-electron chi connectivity index (χ3n) is 3.57. The second kappa shape index (κ2) is 6.35. The third kappa shape index (κ3) is 3.76. The van der Waals surface area contributed by atoms with E-state index in [0.717, 1.165) is 5.56 Å². The summed E-state index contributed by atoms with van der Waals surface area (Å²) in [5.41, 5.74) is 6.25. The Labute approximate surface area is 132 Å². The molecule has 0 saturated heterocycles. The highest BCUT2D eigenvalue weighted by Gasteiger charge is 2.30. The van der Waals surface area contributed by atoms with Crippen molar-refractivity contribution >= 4 is 23.0 Å². The second-order valence-electron chi connectivity index (χ2n) is 5.42. The molecular weight excluding hydrogens is 298 g/mol. The molecule has 2 aromatic rings. The van der Waals surface area contributed by atoms with E-state index in [1.807, 2.05) is 30.3 Å². The van der Waals surface area contributed by atoms with Crippen molar-refractivity contribution in [2.45, 2.75) is 18.9 Å². The number of benzene rings is 2. The largest absolute Gasteiger partial charge is 0.481 e. The van der Waals surface area contributed by atoms with Crippen molar-refractivity contribution < 1.29 is 14.8 Å². The molecule has 0 amide bonds. The lowest BCUT2D eigenvalue weighted by Gasteiger charge is -2.31. The lowest BCUT2D eigenvalue weighted by molar-refractivity contribution is -0.384. The topological polar surface area (TPSA) is 118 Å². The number of nitrogens with two attached hydrogens (primary N) is 1. The Morgan fingerprint density at radius 3 is 2.48 bits per heavy atom. The van der Waals surface area contributed by atoms with Crippen molar-refractivity contribution in [3.05, 3.63) is 64.2 Å². The normalized spacial score (nSPS) is 13.1. The Kier molecular flexibility index (Phi) is 4.49.